The van der Waals surface area contributed by atoms with Crippen LogP contribution in [0.25, 0.3) is 0 Å². The third-order valence-electron chi connectivity index (χ3n) is 3.14. The van der Waals surface area contributed by atoms with Gasteiger partial charge in [-0.25, -0.2) is 4.68 Å². The van der Waals surface area contributed by atoms with Gasteiger partial charge in [-0.1, -0.05) is 18.2 Å². The molecule has 1 aromatic heterocycles. The van der Waals surface area contributed by atoms with Crippen LogP contribution in [-0.2, 0) is 6.42 Å². The molecule has 0 fully saturated rings. The summed E-state index contributed by atoms with van der Waals surface area (Å²) >= 11 is 0. The predicted molar refractivity (Wildman–Crippen MR) is 74.7 cm³/mol. The molecule has 1 aromatic carbocycles. The number of nitrogen functional groups attached to an aromatic ring is 1. The fourth-order valence-corrected chi connectivity index (χ4v) is 2.13. The number of para-hydroxylation sites is 1. The summed E-state index contributed by atoms with van der Waals surface area (Å²) in [6.45, 7) is 1.90. The molecular weight excluding hydrogens is 260 g/mol. The number of nitro groups is 1. The predicted octanol–water partition coefficient (Wildman–Crippen LogP) is 2.19. The first-order valence-corrected chi connectivity index (χ1v) is 6.13. The molecule has 0 amide bonds. The number of aromatic nitrogens is 2. The van der Waals surface area contributed by atoms with Gasteiger partial charge in [0.15, 0.2) is 0 Å². The first kappa shape index (κ1) is 13.9. The van der Waals surface area contributed by atoms with Crippen LogP contribution in [0.3, 0.4) is 0 Å². The molecule has 1 heterocycles. The molecule has 2 N–H and O–H groups in total. The monoisotopic (exact) mass is 276 g/mol. The number of ether oxygens (including phenoxy) is 1. The topological polar surface area (TPSA) is 96.2 Å². The first-order chi connectivity index (χ1) is 9.54. The van der Waals surface area contributed by atoms with E-state index in [2.05, 4.69) is 5.10 Å². The summed E-state index contributed by atoms with van der Waals surface area (Å²) in [6.07, 6.45) is 1.79. The van der Waals surface area contributed by atoms with Crippen LogP contribution >= 0.6 is 0 Å². The van der Waals surface area contributed by atoms with E-state index in [1.807, 2.05) is 31.2 Å². The second-order valence-electron chi connectivity index (χ2n) is 4.48. The number of benzene rings is 1. The van der Waals surface area contributed by atoms with Gasteiger partial charge in [-0.3, -0.25) is 10.1 Å². The highest BCUT2D eigenvalue weighted by atomic mass is 16.6. The number of nitrogens with zero attached hydrogens (tertiary/aromatic N) is 3. The second-order valence-corrected chi connectivity index (χ2v) is 4.48. The standard InChI is InChI=1S/C13H16N4O3/c1-9(7-10-5-3-4-6-12(10)20-2)16-13(14)11(8-15-16)17(18)19/h3-6,8-9H,7,14H2,1-2H3. The van der Waals surface area contributed by atoms with E-state index in [0.717, 1.165) is 11.3 Å². The summed E-state index contributed by atoms with van der Waals surface area (Å²) in [5, 5.41) is 14.8. The van der Waals surface area contributed by atoms with Crippen molar-refractivity contribution in [3.8, 4) is 5.75 Å². The molecule has 0 aliphatic rings. The SMILES string of the molecule is COc1ccccc1CC(C)n1ncc([N+](=O)[O-])c1N. The third-order valence-corrected chi connectivity index (χ3v) is 3.14. The van der Waals surface area contributed by atoms with E-state index in [1.54, 1.807) is 7.11 Å². The maximum atomic E-state index is 10.8. The van der Waals surface area contributed by atoms with Gasteiger partial charge in [0.25, 0.3) is 0 Å². The van der Waals surface area contributed by atoms with Crippen LogP contribution in [0.5, 0.6) is 5.75 Å². The van der Waals surface area contributed by atoms with Gasteiger partial charge in [0.2, 0.25) is 5.82 Å². The van der Waals surface area contributed by atoms with Gasteiger partial charge in [0, 0.05) is 0 Å². The van der Waals surface area contributed by atoms with E-state index in [4.69, 9.17) is 10.5 Å². The van der Waals surface area contributed by atoms with Crippen LogP contribution in [-0.4, -0.2) is 21.8 Å². The van der Waals surface area contributed by atoms with Crippen molar-refractivity contribution < 1.29 is 9.66 Å². The molecule has 106 valence electrons. The van der Waals surface area contributed by atoms with Gasteiger partial charge in [-0.05, 0) is 25.0 Å². The summed E-state index contributed by atoms with van der Waals surface area (Å²) in [7, 11) is 1.61. The Morgan fingerprint density at radius 3 is 2.80 bits per heavy atom. The zero-order chi connectivity index (χ0) is 14.7. The molecule has 7 nitrogen and oxygen atoms in total. The Balaban J connectivity index is 2.24. The lowest BCUT2D eigenvalue weighted by molar-refractivity contribution is -0.384. The minimum atomic E-state index is -0.533. The molecule has 1 unspecified atom stereocenters. The van der Waals surface area contributed by atoms with Crippen molar-refractivity contribution in [2.75, 3.05) is 12.8 Å². The van der Waals surface area contributed by atoms with Crippen LogP contribution < -0.4 is 10.5 Å². The van der Waals surface area contributed by atoms with Crippen LogP contribution in [0.1, 0.15) is 18.5 Å². The lowest BCUT2D eigenvalue weighted by Gasteiger charge is -2.15. The van der Waals surface area contributed by atoms with Crippen LogP contribution in [0.15, 0.2) is 30.5 Å². The number of hydrogen-bond acceptors (Lipinski definition) is 5. The van der Waals surface area contributed by atoms with Crippen molar-refractivity contribution >= 4 is 11.5 Å². The fraction of sp³-hybridized carbons (Fsp3) is 0.308. The lowest BCUT2D eigenvalue weighted by Crippen LogP contribution is -2.13. The summed E-state index contributed by atoms with van der Waals surface area (Å²) < 4.78 is 6.75. The normalized spacial score (nSPS) is 12.1. The minimum absolute atomic E-state index is 0.0670. The Bertz CT molecular complexity index is 624. The van der Waals surface area contributed by atoms with Gasteiger partial charge in [0.1, 0.15) is 11.9 Å². The summed E-state index contributed by atoms with van der Waals surface area (Å²) in [4.78, 5) is 10.2. The third kappa shape index (κ3) is 2.56. The molecule has 2 rings (SSSR count). The molecule has 0 aliphatic heterocycles. The zero-order valence-corrected chi connectivity index (χ0v) is 11.3. The van der Waals surface area contributed by atoms with Gasteiger partial charge >= 0.3 is 5.69 Å². The van der Waals surface area contributed by atoms with Crippen molar-refractivity contribution in [2.24, 2.45) is 0 Å². The minimum Gasteiger partial charge on any atom is -0.496 e. The van der Waals surface area contributed by atoms with Gasteiger partial charge < -0.3 is 10.5 Å². The Kier molecular flexibility index (Phi) is 3.88. The highest BCUT2D eigenvalue weighted by Gasteiger charge is 2.21. The lowest BCUT2D eigenvalue weighted by atomic mass is 10.1. The largest absolute Gasteiger partial charge is 0.496 e. The molecule has 7 heteroatoms. The first-order valence-electron chi connectivity index (χ1n) is 6.13. The van der Waals surface area contributed by atoms with Crippen molar-refractivity contribution in [3.63, 3.8) is 0 Å². The van der Waals surface area contributed by atoms with Crippen LogP contribution in [0, 0.1) is 10.1 Å². The quantitative estimate of drug-likeness (QED) is 0.667. The second kappa shape index (κ2) is 5.60. The van der Waals surface area contributed by atoms with Gasteiger partial charge in [0.05, 0.1) is 18.1 Å². The van der Waals surface area contributed by atoms with Crippen molar-refractivity contribution in [3.05, 3.63) is 46.1 Å². The van der Waals surface area contributed by atoms with E-state index in [1.165, 1.54) is 10.9 Å². The Morgan fingerprint density at radius 2 is 2.20 bits per heavy atom. The average molecular weight is 276 g/mol. The molecule has 0 saturated carbocycles. The number of anilines is 1. The van der Waals surface area contributed by atoms with E-state index in [0.29, 0.717) is 6.42 Å². The summed E-state index contributed by atoms with van der Waals surface area (Å²) in [5.41, 5.74) is 6.59. The van der Waals surface area contributed by atoms with Crippen molar-refractivity contribution in [1.29, 1.82) is 0 Å². The molecule has 0 radical (unpaired) electrons. The fourth-order valence-electron chi connectivity index (χ4n) is 2.13. The molecule has 20 heavy (non-hydrogen) atoms. The van der Waals surface area contributed by atoms with Crippen LogP contribution in [0.2, 0.25) is 0 Å². The number of nitrogens with two attached hydrogens (primary N) is 1. The Morgan fingerprint density at radius 1 is 1.50 bits per heavy atom. The molecule has 0 spiro atoms. The van der Waals surface area contributed by atoms with E-state index >= 15 is 0 Å². The molecule has 0 saturated heterocycles. The zero-order valence-electron chi connectivity index (χ0n) is 11.3. The molecule has 2 aromatic rings. The highest BCUT2D eigenvalue weighted by Crippen LogP contribution is 2.27. The highest BCUT2D eigenvalue weighted by molar-refractivity contribution is 5.51. The Hall–Kier alpha value is -2.57. The summed E-state index contributed by atoms with van der Waals surface area (Å²) in [5.74, 6) is 0.844. The number of hydrogen-bond donors (Lipinski definition) is 1. The van der Waals surface area contributed by atoms with Crippen molar-refractivity contribution in [2.45, 2.75) is 19.4 Å². The molecule has 0 bridgehead atoms. The van der Waals surface area contributed by atoms with Crippen molar-refractivity contribution in [1.82, 2.24) is 9.78 Å². The van der Waals surface area contributed by atoms with E-state index in [-0.39, 0.29) is 17.5 Å². The van der Waals surface area contributed by atoms with Gasteiger partial charge in [-0.15, -0.1) is 0 Å². The number of rotatable bonds is 5. The number of methoxy groups -OCH3 is 1. The molecule has 1 atom stereocenters. The van der Waals surface area contributed by atoms with E-state index < -0.39 is 4.92 Å². The van der Waals surface area contributed by atoms with Gasteiger partial charge in [-0.2, -0.15) is 5.10 Å². The maximum absolute atomic E-state index is 10.8. The van der Waals surface area contributed by atoms with Crippen LogP contribution in [0.4, 0.5) is 11.5 Å². The van der Waals surface area contributed by atoms with E-state index in [9.17, 15) is 10.1 Å². The smallest absolute Gasteiger partial charge is 0.330 e. The summed E-state index contributed by atoms with van der Waals surface area (Å²) in [6, 6.07) is 7.51. The maximum Gasteiger partial charge on any atom is 0.330 e. The molecular formula is C13H16N4O3. The average Bonchev–Trinajstić information content (AvgIpc) is 2.81. The Labute approximate surface area is 116 Å². The molecule has 0 aliphatic carbocycles.